The maximum absolute atomic E-state index is 9.71. The molecule has 3 N–H and O–H groups in total. The lowest BCUT2D eigenvalue weighted by molar-refractivity contribution is 0.404. The van der Waals surface area contributed by atoms with Crippen molar-refractivity contribution in [2.75, 3.05) is 7.11 Å². The summed E-state index contributed by atoms with van der Waals surface area (Å²) in [5, 5.41) is 9.71. The van der Waals surface area contributed by atoms with E-state index in [4.69, 9.17) is 10.5 Å². The molecular weight excluding hydrogens is 178 g/mol. The second-order valence-corrected chi connectivity index (χ2v) is 3.79. The van der Waals surface area contributed by atoms with Crippen molar-refractivity contribution in [3.8, 4) is 11.5 Å². The molecule has 0 amide bonds. The minimum atomic E-state index is -0.0269. The number of hydrogen-bond donors (Lipinski definition) is 2. The maximum Gasteiger partial charge on any atom is 0.124 e. The lowest BCUT2D eigenvalue weighted by Crippen LogP contribution is -2.12. The van der Waals surface area contributed by atoms with Crippen LogP contribution in [0.25, 0.3) is 0 Å². The lowest BCUT2D eigenvalue weighted by Gasteiger charge is -2.13. The van der Waals surface area contributed by atoms with Crippen LogP contribution < -0.4 is 10.5 Å². The topological polar surface area (TPSA) is 55.5 Å². The third-order valence-corrected chi connectivity index (χ3v) is 2.73. The van der Waals surface area contributed by atoms with Gasteiger partial charge in [0.2, 0.25) is 0 Å². The highest BCUT2D eigenvalue weighted by atomic mass is 16.5. The predicted octanol–water partition coefficient (Wildman–Crippen LogP) is 1.81. The number of phenolic OH excluding ortho intramolecular Hbond substituents is 1. The normalized spacial score (nSPS) is 17.9. The molecule has 0 radical (unpaired) electrons. The second-order valence-electron chi connectivity index (χ2n) is 3.79. The van der Waals surface area contributed by atoms with Gasteiger partial charge in [0, 0.05) is 17.7 Å². The fourth-order valence-electron chi connectivity index (χ4n) is 1.64. The van der Waals surface area contributed by atoms with E-state index in [0.29, 0.717) is 11.7 Å². The molecule has 2 rings (SSSR count). The van der Waals surface area contributed by atoms with Crippen LogP contribution in [0.5, 0.6) is 11.5 Å². The number of rotatable bonds is 3. The van der Waals surface area contributed by atoms with Crippen LogP contribution in [-0.4, -0.2) is 12.2 Å². The van der Waals surface area contributed by atoms with Crippen molar-refractivity contribution in [3.05, 3.63) is 23.8 Å². The fraction of sp³-hybridized carbons (Fsp3) is 0.455. The van der Waals surface area contributed by atoms with E-state index in [1.54, 1.807) is 13.2 Å². The highest BCUT2D eigenvalue weighted by Crippen LogP contribution is 2.42. The highest BCUT2D eigenvalue weighted by Gasteiger charge is 2.30. The minimum absolute atomic E-state index is 0.0269. The van der Waals surface area contributed by atoms with Gasteiger partial charge in [-0.15, -0.1) is 0 Å². The van der Waals surface area contributed by atoms with Crippen LogP contribution in [0.1, 0.15) is 24.4 Å². The van der Waals surface area contributed by atoms with E-state index < -0.39 is 0 Å². The van der Waals surface area contributed by atoms with E-state index in [-0.39, 0.29) is 11.8 Å². The molecule has 0 saturated heterocycles. The molecule has 1 aliphatic rings. The zero-order valence-electron chi connectivity index (χ0n) is 8.23. The Bertz CT molecular complexity index is 334. The van der Waals surface area contributed by atoms with Crippen LogP contribution in [0.15, 0.2) is 18.2 Å². The Kier molecular flexibility index (Phi) is 2.33. The third kappa shape index (κ3) is 1.68. The van der Waals surface area contributed by atoms with Crippen molar-refractivity contribution in [1.29, 1.82) is 0 Å². The van der Waals surface area contributed by atoms with E-state index in [1.165, 1.54) is 12.8 Å². The molecule has 0 spiro atoms. The maximum atomic E-state index is 9.71. The molecule has 0 bridgehead atoms. The third-order valence-electron chi connectivity index (χ3n) is 2.73. The molecule has 1 aromatic rings. The van der Waals surface area contributed by atoms with Gasteiger partial charge >= 0.3 is 0 Å². The van der Waals surface area contributed by atoms with Crippen molar-refractivity contribution in [3.63, 3.8) is 0 Å². The van der Waals surface area contributed by atoms with Crippen LogP contribution in [0.3, 0.4) is 0 Å². The summed E-state index contributed by atoms with van der Waals surface area (Å²) < 4.78 is 5.01. The van der Waals surface area contributed by atoms with E-state index in [0.717, 1.165) is 5.56 Å². The first-order valence-electron chi connectivity index (χ1n) is 4.85. The molecular formula is C11H15NO2. The summed E-state index contributed by atoms with van der Waals surface area (Å²) in [6.07, 6.45) is 2.35. The van der Waals surface area contributed by atoms with Gasteiger partial charge in [0.25, 0.3) is 0 Å². The van der Waals surface area contributed by atoms with Crippen LogP contribution in [0.2, 0.25) is 0 Å². The van der Waals surface area contributed by atoms with Crippen molar-refractivity contribution in [1.82, 2.24) is 0 Å². The van der Waals surface area contributed by atoms with Gasteiger partial charge in [-0.2, -0.15) is 0 Å². The zero-order chi connectivity index (χ0) is 10.1. The van der Waals surface area contributed by atoms with E-state index in [9.17, 15) is 5.11 Å². The molecule has 1 saturated carbocycles. The van der Waals surface area contributed by atoms with Gasteiger partial charge in [-0.3, -0.25) is 0 Å². The molecule has 0 aliphatic heterocycles. The number of ether oxygens (including phenoxy) is 1. The number of aromatic hydroxyl groups is 1. The molecule has 1 aliphatic carbocycles. The quantitative estimate of drug-likeness (QED) is 0.769. The van der Waals surface area contributed by atoms with Gasteiger partial charge in [0.15, 0.2) is 0 Å². The summed E-state index contributed by atoms with van der Waals surface area (Å²) in [5.41, 5.74) is 6.82. The Hall–Kier alpha value is -1.22. The Balaban J connectivity index is 2.24. The molecule has 1 aromatic carbocycles. The summed E-state index contributed by atoms with van der Waals surface area (Å²) >= 11 is 0. The monoisotopic (exact) mass is 193 g/mol. The van der Waals surface area contributed by atoms with E-state index in [2.05, 4.69) is 0 Å². The minimum Gasteiger partial charge on any atom is -0.507 e. The SMILES string of the molecule is COc1ccc(C(N)C2CC2)c(O)c1. The summed E-state index contributed by atoms with van der Waals surface area (Å²) in [6.45, 7) is 0. The first-order chi connectivity index (χ1) is 6.72. The fourth-order valence-corrected chi connectivity index (χ4v) is 1.64. The summed E-state index contributed by atoms with van der Waals surface area (Å²) in [4.78, 5) is 0. The van der Waals surface area contributed by atoms with Crippen LogP contribution in [0.4, 0.5) is 0 Å². The molecule has 3 nitrogen and oxygen atoms in total. The van der Waals surface area contributed by atoms with Gasteiger partial charge in [-0.25, -0.2) is 0 Å². The molecule has 3 heteroatoms. The second kappa shape index (κ2) is 3.50. The Morgan fingerprint density at radius 1 is 1.50 bits per heavy atom. The Morgan fingerprint density at radius 2 is 2.21 bits per heavy atom. The Labute approximate surface area is 83.5 Å². The summed E-state index contributed by atoms with van der Waals surface area (Å²) in [6, 6.07) is 5.26. The standard InChI is InChI=1S/C11H15NO2/c1-14-8-4-5-9(10(13)6-8)11(12)7-2-3-7/h4-7,11,13H,2-3,12H2,1H3. The van der Waals surface area contributed by atoms with Crippen LogP contribution in [-0.2, 0) is 0 Å². The zero-order valence-corrected chi connectivity index (χ0v) is 8.23. The van der Waals surface area contributed by atoms with Crippen molar-refractivity contribution >= 4 is 0 Å². The molecule has 0 heterocycles. The molecule has 1 unspecified atom stereocenters. The summed E-state index contributed by atoms with van der Waals surface area (Å²) in [5.74, 6) is 1.45. The van der Waals surface area contributed by atoms with Crippen LogP contribution in [0, 0.1) is 5.92 Å². The highest BCUT2D eigenvalue weighted by molar-refractivity contribution is 5.41. The van der Waals surface area contributed by atoms with Gasteiger partial charge in [0.1, 0.15) is 11.5 Å². The molecule has 76 valence electrons. The van der Waals surface area contributed by atoms with Crippen molar-refractivity contribution in [2.24, 2.45) is 11.7 Å². The smallest absolute Gasteiger partial charge is 0.124 e. The largest absolute Gasteiger partial charge is 0.507 e. The first-order valence-corrected chi connectivity index (χ1v) is 4.85. The van der Waals surface area contributed by atoms with Crippen molar-refractivity contribution in [2.45, 2.75) is 18.9 Å². The van der Waals surface area contributed by atoms with Gasteiger partial charge in [-0.1, -0.05) is 6.07 Å². The van der Waals surface area contributed by atoms with Gasteiger partial charge in [-0.05, 0) is 24.8 Å². The van der Waals surface area contributed by atoms with Crippen molar-refractivity contribution < 1.29 is 9.84 Å². The number of benzene rings is 1. The van der Waals surface area contributed by atoms with E-state index >= 15 is 0 Å². The molecule has 0 aromatic heterocycles. The summed E-state index contributed by atoms with van der Waals surface area (Å²) in [7, 11) is 1.58. The number of methoxy groups -OCH3 is 1. The van der Waals surface area contributed by atoms with Gasteiger partial charge < -0.3 is 15.6 Å². The number of nitrogens with two attached hydrogens (primary N) is 1. The first kappa shape index (κ1) is 9.34. The predicted molar refractivity (Wildman–Crippen MR) is 54.3 cm³/mol. The molecule has 14 heavy (non-hydrogen) atoms. The van der Waals surface area contributed by atoms with E-state index in [1.807, 2.05) is 12.1 Å². The number of hydrogen-bond acceptors (Lipinski definition) is 3. The molecule has 1 atom stereocenters. The van der Waals surface area contributed by atoms with Gasteiger partial charge in [0.05, 0.1) is 7.11 Å². The molecule has 1 fully saturated rings. The average Bonchev–Trinajstić information content (AvgIpc) is 3.00. The van der Waals surface area contributed by atoms with Crippen LogP contribution >= 0.6 is 0 Å². The lowest BCUT2D eigenvalue weighted by atomic mass is 10.0. The number of phenols is 1. The average molecular weight is 193 g/mol. The Morgan fingerprint density at radius 3 is 2.71 bits per heavy atom.